The van der Waals surface area contributed by atoms with E-state index >= 15 is 0 Å². The summed E-state index contributed by atoms with van der Waals surface area (Å²) in [5.41, 5.74) is 9.28. The summed E-state index contributed by atoms with van der Waals surface area (Å²) in [5.74, 6) is 0. The first kappa shape index (κ1) is 6.98. The fourth-order valence-electron chi connectivity index (χ4n) is 1.30. The van der Waals surface area contributed by atoms with Crippen molar-refractivity contribution in [3.05, 3.63) is 48.0 Å². The minimum atomic E-state index is 0.619. The van der Waals surface area contributed by atoms with Gasteiger partial charge in [0.1, 0.15) is 0 Å². The van der Waals surface area contributed by atoms with Crippen molar-refractivity contribution in [2.45, 2.75) is 0 Å². The minimum absolute atomic E-state index is 0.619. The predicted molar refractivity (Wildman–Crippen MR) is 49.1 cm³/mol. The van der Waals surface area contributed by atoms with Gasteiger partial charge in [-0.25, -0.2) is 0 Å². The molecule has 2 nitrogen and oxygen atoms in total. The minimum Gasteiger partial charge on any atom is -0.424 e. The van der Waals surface area contributed by atoms with E-state index in [0.717, 1.165) is 10.8 Å². The van der Waals surface area contributed by atoms with Crippen molar-refractivity contribution in [1.29, 1.82) is 0 Å². The Morgan fingerprint density at radius 2 is 1.67 bits per heavy atom. The lowest BCUT2D eigenvalue weighted by molar-refractivity contribution is 1.37. The number of nitrogens with zero attached hydrogens (tertiary/aromatic N) is 2. The molecule has 2 aromatic carbocycles. The largest absolute Gasteiger partial charge is 0.424 e. The molecule has 2 heteroatoms. The van der Waals surface area contributed by atoms with Gasteiger partial charge in [-0.15, -0.1) is 0 Å². The lowest BCUT2D eigenvalue weighted by Crippen LogP contribution is -1.77. The van der Waals surface area contributed by atoms with Gasteiger partial charge >= 0.3 is 0 Å². The van der Waals surface area contributed by atoms with Crippen molar-refractivity contribution < 1.29 is 0 Å². The van der Waals surface area contributed by atoms with Crippen molar-refractivity contribution >= 4 is 16.5 Å². The van der Waals surface area contributed by atoms with Crippen LogP contribution in [0.15, 0.2) is 42.5 Å². The summed E-state index contributed by atoms with van der Waals surface area (Å²) in [5, 5.41) is 5.26. The normalized spacial score (nSPS) is 10.0. The predicted octanol–water partition coefficient (Wildman–Crippen LogP) is 2.83. The van der Waals surface area contributed by atoms with Crippen LogP contribution < -0.4 is 5.11 Å². The molecule has 12 heavy (non-hydrogen) atoms. The Labute approximate surface area is 70.3 Å². The first-order valence-corrected chi connectivity index (χ1v) is 3.74. The molecule has 0 bridgehead atoms. The molecule has 0 aliphatic rings. The first-order valence-electron chi connectivity index (χ1n) is 3.74. The molecule has 0 amide bonds. The SMILES string of the molecule is [N-]=[N+]c1cccc2ccccc12. The Morgan fingerprint density at radius 1 is 0.917 bits per heavy atom. The number of rotatable bonds is 1. The van der Waals surface area contributed by atoms with E-state index in [-0.39, 0.29) is 0 Å². The van der Waals surface area contributed by atoms with Crippen LogP contribution in [0.25, 0.3) is 16.3 Å². The van der Waals surface area contributed by atoms with E-state index in [1.807, 2.05) is 36.4 Å². The van der Waals surface area contributed by atoms with E-state index in [2.05, 4.69) is 5.11 Å². The second-order valence-corrected chi connectivity index (χ2v) is 2.60. The molecule has 0 N–H and O–H groups in total. The third kappa shape index (κ3) is 0.975. The highest BCUT2D eigenvalue weighted by Crippen LogP contribution is 2.21. The average molecular weight is 155 g/mol. The summed E-state index contributed by atoms with van der Waals surface area (Å²) in [7, 11) is 0. The Morgan fingerprint density at radius 3 is 2.50 bits per heavy atom. The van der Waals surface area contributed by atoms with Crippen LogP contribution in [-0.2, 0) is 0 Å². The number of hydrogen-bond acceptors (Lipinski definition) is 1. The molecule has 0 atom stereocenters. The third-order valence-corrected chi connectivity index (χ3v) is 1.87. The van der Waals surface area contributed by atoms with Crippen LogP contribution in [0.3, 0.4) is 0 Å². The zero-order valence-electron chi connectivity index (χ0n) is 6.44. The molecule has 0 aliphatic heterocycles. The van der Waals surface area contributed by atoms with E-state index in [9.17, 15) is 0 Å². The van der Waals surface area contributed by atoms with Crippen molar-refractivity contribution in [2.24, 2.45) is 0 Å². The second kappa shape index (κ2) is 2.74. The zero-order valence-corrected chi connectivity index (χ0v) is 6.44. The monoisotopic (exact) mass is 155 g/mol. The summed E-state index contributed by atoms with van der Waals surface area (Å²) in [6.07, 6.45) is 0. The lowest BCUT2D eigenvalue weighted by atomic mass is 10.1. The summed E-state index contributed by atoms with van der Waals surface area (Å²) in [6.45, 7) is 0. The van der Waals surface area contributed by atoms with E-state index < -0.39 is 0 Å². The Kier molecular flexibility index (Phi) is 1.59. The van der Waals surface area contributed by atoms with Gasteiger partial charge in [0.05, 0.1) is 5.39 Å². The van der Waals surface area contributed by atoms with Crippen LogP contribution in [0.1, 0.15) is 0 Å². The van der Waals surface area contributed by atoms with Crippen molar-refractivity contribution in [1.82, 2.24) is 5.11 Å². The summed E-state index contributed by atoms with van der Waals surface area (Å²) in [6, 6.07) is 13.5. The van der Waals surface area contributed by atoms with Crippen LogP contribution in [0.4, 0.5) is 5.69 Å². The topological polar surface area (TPSA) is 36.4 Å². The molecule has 0 saturated heterocycles. The van der Waals surface area contributed by atoms with E-state index in [0.29, 0.717) is 5.69 Å². The smallest absolute Gasteiger partial charge is 0.271 e. The van der Waals surface area contributed by atoms with Crippen LogP contribution in [0.2, 0.25) is 0 Å². The molecule has 0 unspecified atom stereocenters. The molecule has 2 aromatic rings. The number of fused-ring (bicyclic) bond motifs is 1. The van der Waals surface area contributed by atoms with Gasteiger partial charge in [0.25, 0.3) is 5.69 Å². The van der Waals surface area contributed by atoms with E-state index in [1.54, 1.807) is 6.07 Å². The molecule has 0 spiro atoms. The van der Waals surface area contributed by atoms with Crippen LogP contribution in [0, 0.1) is 0 Å². The summed E-state index contributed by atoms with van der Waals surface area (Å²) < 4.78 is 0. The van der Waals surface area contributed by atoms with Crippen LogP contribution in [0.5, 0.6) is 0 Å². The molecule has 57 valence electrons. The highest BCUT2D eigenvalue weighted by atomic mass is 15.0. The summed E-state index contributed by atoms with van der Waals surface area (Å²) in [4.78, 5) is 0. The number of hydrogen-bond donors (Lipinski definition) is 0. The maximum absolute atomic E-state index is 8.66. The summed E-state index contributed by atoms with van der Waals surface area (Å²) >= 11 is 0. The van der Waals surface area contributed by atoms with Gasteiger partial charge in [0.15, 0.2) is 0 Å². The fourth-order valence-corrected chi connectivity index (χ4v) is 1.30. The van der Waals surface area contributed by atoms with Gasteiger partial charge in [-0.3, -0.25) is 0 Å². The third-order valence-electron chi connectivity index (χ3n) is 1.87. The van der Waals surface area contributed by atoms with Gasteiger partial charge in [0.2, 0.25) is 0 Å². The second-order valence-electron chi connectivity index (χ2n) is 2.60. The quantitative estimate of drug-likeness (QED) is 0.568. The molecule has 0 aromatic heterocycles. The number of benzene rings is 2. The highest BCUT2D eigenvalue weighted by molar-refractivity contribution is 5.91. The molecule has 1 radical (unpaired) electrons. The van der Waals surface area contributed by atoms with Gasteiger partial charge in [-0.05, 0) is 16.6 Å². The Hall–Kier alpha value is -1.70. The van der Waals surface area contributed by atoms with Gasteiger partial charge in [0, 0.05) is 6.07 Å². The average Bonchev–Trinajstić information content (AvgIpc) is 2.17. The lowest BCUT2D eigenvalue weighted by Gasteiger charge is -1.93. The zero-order chi connectivity index (χ0) is 8.39. The molecular weight excluding hydrogens is 148 g/mol. The molecule has 0 aliphatic carbocycles. The molecule has 0 saturated carbocycles. The fraction of sp³-hybridized carbons (Fsp3) is 0. The maximum Gasteiger partial charge on any atom is 0.271 e. The Bertz CT molecular complexity index is 416. The molecule has 0 fully saturated rings. The van der Waals surface area contributed by atoms with Crippen molar-refractivity contribution in [3.63, 3.8) is 0 Å². The van der Waals surface area contributed by atoms with E-state index in [1.165, 1.54) is 0 Å². The van der Waals surface area contributed by atoms with Gasteiger partial charge in [-0.1, -0.05) is 30.3 Å². The van der Waals surface area contributed by atoms with Gasteiger partial charge in [-0.2, -0.15) is 0 Å². The van der Waals surface area contributed by atoms with Gasteiger partial charge < -0.3 is 5.53 Å². The highest BCUT2D eigenvalue weighted by Gasteiger charge is 2.02. The van der Waals surface area contributed by atoms with Crippen molar-refractivity contribution in [3.8, 4) is 0 Å². The van der Waals surface area contributed by atoms with Crippen LogP contribution >= 0.6 is 0 Å². The van der Waals surface area contributed by atoms with Crippen molar-refractivity contribution in [2.75, 3.05) is 0 Å². The maximum atomic E-state index is 8.66. The molecule has 2 rings (SSSR count). The first-order chi connectivity index (χ1) is 5.92. The van der Waals surface area contributed by atoms with E-state index in [4.69, 9.17) is 5.53 Å². The molecular formula is C10H7N2. The standard InChI is InChI=1S/C10H7N2/c11-12-10-7-3-5-8-4-1-2-6-9(8)10/h1-7H. The Balaban J connectivity index is 2.88. The molecule has 0 heterocycles. The van der Waals surface area contributed by atoms with Crippen LogP contribution in [-0.4, -0.2) is 0 Å².